The van der Waals surface area contributed by atoms with E-state index in [-0.39, 0.29) is 18.0 Å². The molecule has 0 spiro atoms. The molecule has 1 aliphatic rings. The third kappa shape index (κ3) is 5.84. The summed E-state index contributed by atoms with van der Waals surface area (Å²) in [5, 5.41) is 15.6. The zero-order valence-electron chi connectivity index (χ0n) is 16.5. The van der Waals surface area contributed by atoms with Crippen LogP contribution in [0.2, 0.25) is 0 Å². The van der Waals surface area contributed by atoms with Crippen LogP contribution in [0.4, 0.5) is 16.3 Å². The van der Waals surface area contributed by atoms with E-state index in [0.717, 1.165) is 12.1 Å². The van der Waals surface area contributed by atoms with Gasteiger partial charge in [-0.05, 0) is 50.5 Å². The van der Waals surface area contributed by atoms with Crippen molar-refractivity contribution in [3.63, 3.8) is 0 Å². The van der Waals surface area contributed by atoms with E-state index in [9.17, 15) is 9.59 Å². The van der Waals surface area contributed by atoms with Crippen LogP contribution in [0.25, 0.3) is 0 Å². The van der Waals surface area contributed by atoms with Crippen LogP contribution in [0.3, 0.4) is 0 Å². The van der Waals surface area contributed by atoms with E-state index in [1.807, 2.05) is 19.9 Å². The number of benzene rings is 1. The molecule has 0 unspecified atom stereocenters. The number of amides is 3. The lowest BCUT2D eigenvalue weighted by atomic mass is 9.86. The molecule has 3 amide bonds. The van der Waals surface area contributed by atoms with Crippen LogP contribution in [-0.2, 0) is 6.42 Å². The van der Waals surface area contributed by atoms with Crippen LogP contribution in [0.15, 0.2) is 30.3 Å². The molecule has 0 atom stereocenters. The van der Waals surface area contributed by atoms with Gasteiger partial charge >= 0.3 is 6.03 Å². The summed E-state index contributed by atoms with van der Waals surface area (Å²) in [6.45, 7) is 3.78. The van der Waals surface area contributed by atoms with Gasteiger partial charge in [-0.3, -0.25) is 9.89 Å². The lowest BCUT2D eigenvalue weighted by molar-refractivity contribution is 0.102. The minimum atomic E-state index is -0.269. The first-order valence-electron chi connectivity index (χ1n) is 10.0. The minimum absolute atomic E-state index is 0.0573. The van der Waals surface area contributed by atoms with Crippen molar-refractivity contribution in [2.45, 2.75) is 58.4 Å². The first kappa shape index (κ1) is 19.9. The summed E-state index contributed by atoms with van der Waals surface area (Å²) in [6.07, 6.45) is 7.50. The number of hydrogen-bond donors (Lipinski definition) is 4. The van der Waals surface area contributed by atoms with Gasteiger partial charge in [-0.15, -0.1) is 0 Å². The topological polar surface area (TPSA) is 98.9 Å². The number of carbonyl (C=O) groups is 2. The number of anilines is 2. The number of urea groups is 1. The smallest absolute Gasteiger partial charge is 0.319 e. The van der Waals surface area contributed by atoms with E-state index >= 15 is 0 Å². The predicted octanol–water partition coefficient (Wildman–Crippen LogP) is 4.31. The van der Waals surface area contributed by atoms with E-state index in [0.29, 0.717) is 23.0 Å². The van der Waals surface area contributed by atoms with Gasteiger partial charge in [0.2, 0.25) is 0 Å². The molecule has 1 heterocycles. The van der Waals surface area contributed by atoms with Gasteiger partial charge in [-0.2, -0.15) is 5.10 Å². The Morgan fingerprint density at radius 2 is 1.82 bits per heavy atom. The van der Waals surface area contributed by atoms with Gasteiger partial charge in [-0.1, -0.05) is 32.1 Å². The van der Waals surface area contributed by atoms with Crippen LogP contribution >= 0.6 is 0 Å². The summed E-state index contributed by atoms with van der Waals surface area (Å²) in [5.74, 6) is 1.02. The maximum absolute atomic E-state index is 12.4. The Morgan fingerprint density at radius 1 is 1.11 bits per heavy atom. The quantitative estimate of drug-likeness (QED) is 0.598. The number of hydrogen-bond acceptors (Lipinski definition) is 3. The first-order valence-corrected chi connectivity index (χ1v) is 10.0. The number of aromatic amines is 1. The Bertz CT molecular complexity index is 791. The van der Waals surface area contributed by atoms with Crippen molar-refractivity contribution in [1.29, 1.82) is 0 Å². The second kappa shape index (κ2) is 9.39. The molecule has 0 bridgehead atoms. The lowest BCUT2D eigenvalue weighted by Crippen LogP contribution is -2.34. The summed E-state index contributed by atoms with van der Waals surface area (Å²) in [7, 11) is 0. The summed E-state index contributed by atoms with van der Waals surface area (Å²) in [6, 6.07) is 8.46. The van der Waals surface area contributed by atoms with Crippen molar-refractivity contribution in [3.8, 4) is 0 Å². The van der Waals surface area contributed by atoms with Crippen LogP contribution in [0.1, 0.15) is 62.0 Å². The highest BCUT2D eigenvalue weighted by atomic mass is 16.2. The van der Waals surface area contributed by atoms with Crippen molar-refractivity contribution in [2.24, 2.45) is 5.92 Å². The standard InChI is InChI=1S/C21H29N5O2/c1-14(2)22-21(28)23-17-10-8-16(9-11-17)20(27)24-19-13-18(25-26-19)12-15-6-4-3-5-7-15/h8-11,13-15H,3-7,12H2,1-2H3,(H2,22,23,28)(H2,24,25,26,27). The number of rotatable bonds is 6. The molecule has 1 aliphatic carbocycles. The third-order valence-electron chi connectivity index (χ3n) is 4.93. The summed E-state index contributed by atoms with van der Waals surface area (Å²) >= 11 is 0. The molecule has 28 heavy (non-hydrogen) atoms. The van der Waals surface area contributed by atoms with Gasteiger partial charge in [0.15, 0.2) is 5.82 Å². The van der Waals surface area contributed by atoms with Gasteiger partial charge in [0.05, 0.1) is 0 Å². The van der Waals surface area contributed by atoms with Gasteiger partial charge in [0.1, 0.15) is 0 Å². The van der Waals surface area contributed by atoms with Gasteiger partial charge < -0.3 is 16.0 Å². The fraction of sp³-hybridized carbons (Fsp3) is 0.476. The number of aromatic nitrogens is 2. The van der Waals surface area contributed by atoms with Crippen molar-refractivity contribution >= 4 is 23.4 Å². The van der Waals surface area contributed by atoms with Gasteiger partial charge in [0, 0.05) is 29.1 Å². The Kier molecular flexibility index (Phi) is 6.68. The molecule has 2 aromatic rings. The zero-order chi connectivity index (χ0) is 19.9. The highest BCUT2D eigenvalue weighted by Gasteiger charge is 2.16. The molecule has 7 nitrogen and oxygen atoms in total. The Balaban J connectivity index is 1.52. The van der Waals surface area contributed by atoms with E-state index < -0.39 is 0 Å². The number of nitrogens with zero attached hydrogens (tertiary/aromatic N) is 1. The highest BCUT2D eigenvalue weighted by molar-refractivity contribution is 6.04. The molecular weight excluding hydrogens is 354 g/mol. The normalized spacial score (nSPS) is 14.7. The Labute approximate surface area is 165 Å². The molecule has 1 aromatic carbocycles. The summed E-state index contributed by atoms with van der Waals surface area (Å²) < 4.78 is 0. The highest BCUT2D eigenvalue weighted by Crippen LogP contribution is 2.26. The average Bonchev–Trinajstić information content (AvgIpc) is 3.09. The van der Waals surface area contributed by atoms with Crippen LogP contribution < -0.4 is 16.0 Å². The van der Waals surface area contributed by atoms with E-state index in [2.05, 4.69) is 26.1 Å². The van der Waals surface area contributed by atoms with Crippen molar-refractivity contribution in [2.75, 3.05) is 10.6 Å². The minimum Gasteiger partial charge on any atom is -0.336 e. The van der Waals surface area contributed by atoms with E-state index in [1.165, 1.54) is 32.1 Å². The monoisotopic (exact) mass is 383 g/mol. The predicted molar refractivity (Wildman–Crippen MR) is 111 cm³/mol. The third-order valence-corrected chi connectivity index (χ3v) is 4.93. The maximum Gasteiger partial charge on any atom is 0.319 e. The first-order chi connectivity index (χ1) is 13.5. The molecule has 0 radical (unpaired) electrons. The molecule has 1 fully saturated rings. The zero-order valence-corrected chi connectivity index (χ0v) is 16.5. The van der Waals surface area contributed by atoms with E-state index in [4.69, 9.17) is 0 Å². The molecular formula is C21H29N5O2. The Hall–Kier alpha value is -2.83. The molecule has 3 rings (SSSR count). The summed E-state index contributed by atoms with van der Waals surface area (Å²) in [4.78, 5) is 24.1. The largest absolute Gasteiger partial charge is 0.336 e. The van der Waals surface area contributed by atoms with Crippen LogP contribution in [0.5, 0.6) is 0 Å². The lowest BCUT2D eigenvalue weighted by Gasteiger charge is -2.20. The molecule has 150 valence electrons. The van der Waals surface area contributed by atoms with Crippen molar-refractivity contribution in [1.82, 2.24) is 15.5 Å². The second-order valence-electron chi connectivity index (χ2n) is 7.77. The van der Waals surface area contributed by atoms with E-state index in [1.54, 1.807) is 24.3 Å². The Morgan fingerprint density at radius 3 is 2.50 bits per heavy atom. The van der Waals surface area contributed by atoms with Crippen LogP contribution in [0, 0.1) is 5.92 Å². The fourth-order valence-corrected chi connectivity index (χ4v) is 3.56. The fourth-order valence-electron chi connectivity index (χ4n) is 3.56. The van der Waals surface area contributed by atoms with Gasteiger partial charge in [0.25, 0.3) is 5.91 Å². The van der Waals surface area contributed by atoms with Gasteiger partial charge in [-0.25, -0.2) is 4.79 Å². The van der Waals surface area contributed by atoms with Crippen molar-refractivity contribution < 1.29 is 9.59 Å². The van der Waals surface area contributed by atoms with Crippen LogP contribution in [-0.4, -0.2) is 28.2 Å². The molecule has 1 aromatic heterocycles. The average molecular weight is 383 g/mol. The molecule has 0 saturated heterocycles. The molecule has 7 heteroatoms. The number of H-pyrrole nitrogens is 1. The number of nitrogens with one attached hydrogen (secondary N) is 4. The van der Waals surface area contributed by atoms with Crippen molar-refractivity contribution in [3.05, 3.63) is 41.6 Å². The second-order valence-corrected chi connectivity index (χ2v) is 7.77. The number of carbonyl (C=O) groups excluding carboxylic acids is 2. The molecule has 1 saturated carbocycles. The summed E-state index contributed by atoms with van der Waals surface area (Å²) in [5.41, 5.74) is 2.20. The molecule has 0 aliphatic heterocycles. The maximum atomic E-state index is 12.4. The SMILES string of the molecule is CC(C)NC(=O)Nc1ccc(C(=O)Nc2cc(CC3CCCCC3)[nH]n2)cc1. The molecule has 4 N–H and O–H groups in total.